The maximum Gasteiger partial charge on any atom is 0.335 e. The van der Waals surface area contributed by atoms with Crippen LogP contribution in [0.4, 0.5) is 5.69 Å². The average molecular weight is 233 g/mol. The zero-order valence-electron chi connectivity index (χ0n) is 10.6. The van der Waals surface area contributed by atoms with Gasteiger partial charge in [-0.15, -0.1) is 0 Å². The van der Waals surface area contributed by atoms with E-state index in [9.17, 15) is 4.79 Å². The highest BCUT2D eigenvalue weighted by Crippen LogP contribution is 2.39. The van der Waals surface area contributed by atoms with Crippen LogP contribution >= 0.6 is 0 Å². The van der Waals surface area contributed by atoms with Crippen molar-refractivity contribution >= 4 is 11.7 Å². The molecule has 2 atom stereocenters. The van der Waals surface area contributed by atoms with Gasteiger partial charge in [-0.05, 0) is 48.9 Å². The lowest BCUT2D eigenvalue weighted by molar-refractivity contribution is 0.0697. The van der Waals surface area contributed by atoms with Gasteiger partial charge in [0.25, 0.3) is 0 Å². The number of carboxylic acids is 1. The number of aryl methyl sites for hydroxylation is 1. The molecule has 0 saturated heterocycles. The first-order chi connectivity index (χ1) is 7.99. The molecule has 0 radical (unpaired) electrons. The second-order valence-corrected chi connectivity index (χ2v) is 5.16. The summed E-state index contributed by atoms with van der Waals surface area (Å²) in [6, 6.07) is 5.33. The Bertz CT molecular complexity index is 442. The molecule has 92 valence electrons. The Morgan fingerprint density at radius 2 is 2.18 bits per heavy atom. The lowest BCUT2D eigenvalue weighted by Gasteiger charge is -2.21. The van der Waals surface area contributed by atoms with Crippen LogP contribution < -0.4 is 4.90 Å². The van der Waals surface area contributed by atoms with E-state index in [-0.39, 0.29) is 0 Å². The molecule has 3 heteroatoms. The van der Waals surface area contributed by atoms with Crippen LogP contribution in [-0.2, 0) is 0 Å². The monoisotopic (exact) mass is 233 g/mol. The lowest BCUT2D eigenvalue weighted by Crippen LogP contribution is -2.21. The molecular weight excluding hydrogens is 214 g/mol. The maximum absolute atomic E-state index is 10.9. The highest BCUT2D eigenvalue weighted by molar-refractivity contribution is 5.88. The molecule has 1 saturated carbocycles. The van der Waals surface area contributed by atoms with Gasteiger partial charge < -0.3 is 10.0 Å². The molecule has 0 heterocycles. The van der Waals surface area contributed by atoms with Crippen LogP contribution in [0.15, 0.2) is 18.2 Å². The average Bonchev–Trinajstić information content (AvgIpc) is 2.93. The van der Waals surface area contributed by atoms with Crippen LogP contribution in [0.1, 0.15) is 29.3 Å². The smallest absolute Gasteiger partial charge is 0.335 e. The first-order valence-electron chi connectivity index (χ1n) is 6.04. The summed E-state index contributed by atoms with van der Waals surface area (Å²) < 4.78 is 0. The Labute approximate surface area is 102 Å². The summed E-state index contributed by atoms with van der Waals surface area (Å²) in [6.07, 6.45) is 1.32. The number of anilines is 1. The van der Waals surface area contributed by atoms with Crippen molar-refractivity contribution in [2.75, 3.05) is 18.5 Å². The first kappa shape index (κ1) is 12.0. The number of carbonyl (C=O) groups is 1. The molecule has 0 aromatic heterocycles. The van der Waals surface area contributed by atoms with E-state index in [0.717, 1.165) is 29.6 Å². The van der Waals surface area contributed by atoms with Gasteiger partial charge in [0.2, 0.25) is 0 Å². The molecule has 2 rings (SSSR count). The van der Waals surface area contributed by atoms with Gasteiger partial charge in [-0.2, -0.15) is 0 Å². The van der Waals surface area contributed by atoms with E-state index in [1.807, 2.05) is 13.0 Å². The standard InChI is InChI=1S/C14H19NO2/c1-9-6-12(9)8-15(3)13-5-4-11(14(16)17)7-10(13)2/h4-5,7,9,12H,6,8H2,1-3H3,(H,16,17). The zero-order valence-corrected chi connectivity index (χ0v) is 10.6. The minimum atomic E-state index is -0.863. The van der Waals surface area contributed by atoms with Crippen LogP contribution in [0, 0.1) is 18.8 Å². The van der Waals surface area contributed by atoms with Crippen molar-refractivity contribution in [2.24, 2.45) is 11.8 Å². The fourth-order valence-electron chi connectivity index (χ4n) is 2.32. The highest BCUT2D eigenvalue weighted by Gasteiger charge is 2.33. The molecule has 1 aromatic carbocycles. The van der Waals surface area contributed by atoms with E-state index in [0.29, 0.717) is 5.56 Å². The minimum absolute atomic E-state index is 0.361. The van der Waals surface area contributed by atoms with E-state index in [1.165, 1.54) is 6.42 Å². The van der Waals surface area contributed by atoms with Crippen molar-refractivity contribution < 1.29 is 9.90 Å². The summed E-state index contributed by atoms with van der Waals surface area (Å²) in [5.74, 6) is 0.785. The maximum atomic E-state index is 10.9. The second-order valence-electron chi connectivity index (χ2n) is 5.16. The fourth-order valence-corrected chi connectivity index (χ4v) is 2.32. The largest absolute Gasteiger partial charge is 0.478 e. The predicted molar refractivity (Wildman–Crippen MR) is 68.7 cm³/mol. The third-order valence-electron chi connectivity index (χ3n) is 3.64. The molecular formula is C14H19NO2. The zero-order chi connectivity index (χ0) is 12.6. The Hall–Kier alpha value is -1.51. The second kappa shape index (κ2) is 4.40. The molecule has 0 spiro atoms. The molecule has 1 aliphatic rings. The number of hydrogen-bond donors (Lipinski definition) is 1. The number of aromatic carboxylic acids is 1. The Morgan fingerprint density at radius 1 is 1.53 bits per heavy atom. The van der Waals surface area contributed by atoms with Crippen LogP contribution in [0.2, 0.25) is 0 Å². The third kappa shape index (κ3) is 2.60. The molecule has 0 bridgehead atoms. The van der Waals surface area contributed by atoms with E-state index in [2.05, 4.69) is 18.9 Å². The van der Waals surface area contributed by atoms with E-state index in [4.69, 9.17) is 5.11 Å². The lowest BCUT2D eigenvalue weighted by atomic mass is 10.1. The highest BCUT2D eigenvalue weighted by atomic mass is 16.4. The molecule has 1 aliphatic carbocycles. The van der Waals surface area contributed by atoms with Crippen LogP contribution in [-0.4, -0.2) is 24.7 Å². The summed E-state index contributed by atoms with van der Waals surface area (Å²) >= 11 is 0. The fraction of sp³-hybridized carbons (Fsp3) is 0.500. The van der Waals surface area contributed by atoms with Crippen molar-refractivity contribution in [3.63, 3.8) is 0 Å². The van der Waals surface area contributed by atoms with Crippen molar-refractivity contribution in [1.29, 1.82) is 0 Å². The molecule has 1 fully saturated rings. The summed E-state index contributed by atoms with van der Waals surface area (Å²) in [5.41, 5.74) is 2.52. The number of benzene rings is 1. The van der Waals surface area contributed by atoms with Crippen molar-refractivity contribution in [2.45, 2.75) is 20.3 Å². The molecule has 0 aliphatic heterocycles. The molecule has 1 N–H and O–H groups in total. The van der Waals surface area contributed by atoms with E-state index >= 15 is 0 Å². The van der Waals surface area contributed by atoms with Crippen molar-refractivity contribution in [1.82, 2.24) is 0 Å². The Kier molecular flexibility index (Phi) is 3.09. The Morgan fingerprint density at radius 3 is 2.65 bits per heavy atom. The number of hydrogen-bond acceptors (Lipinski definition) is 2. The van der Waals surface area contributed by atoms with Crippen LogP contribution in [0.25, 0.3) is 0 Å². The van der Waals surface area contributed by atoms with Gasteiger partial charge in [0.15, 0.2) is 0 Å². The van der Waals surface area contributed by atoms with Crippen LogP contribution in [0.3, 0.4) is 0 Å². The van der Waals surface area contributed by atoms with Gasteiger partial charge in [-0.3, -0.25) is 0 Å². The van der Waals surface area contributed by atoms with E-state index < -0.39 is 5.97 Å². The topological polar surface area (TPSA) is 40.5 Å². The normalized spacial score (nSPS) is 22.3. The summed E-state index contributed by atoms with van der Waals surface area (Å²) in [4.78, 5) is 13.1. The summed E-state index contributed by atoms with van der Waals surface area (Å²) in [7, 11) is 2.08. The van der Waals surface area contributed by atoms with Gasteiger partial charge >= 0.3 is 5.97 Å². The summed E-state index contributed by atoms with van der Waals surface area (Å²) in [5, 5.41) is 8.92. The van der Waals surface area contributed by atoms with Crippen molar-refractivity contribution in [3.8, 4) is 0 Å². The number of nitrogens with zero attached hydrogens (tertiary/aromatic N) is 1. The van der Waals surface area contributed by atoms with Crippen molar-refractivity contribution in [3.05, 3.63) is 29.3 Å². The number of carboxylic acid groups (broad SMARTS) is 1. The quantitative estimate of drug-likeness (QED) is 0.869. The SMILES string of the molecule is Cc1cc(C(=O)O)ccc1N(C)CC1CC1C. The molecule has 1 aromatic rings. The van der Waals surface area contributed by atoms with Gasteiger partial charge in [-0.25, -0.2) is 4.79 Å². The molecule has 17 heavy (non-hydrogen) atoms. The number of rotatable bonds is 4. The predicted octanol–water partition coefficient (Wildman–Crippen LogP) is 2.79. The molecule has 2 unspecified atom stereocenters. The minimum Gasteiger partial charge on any atom is -0.478 e. The van der Waals surface area contributed by atoms with Gasteiger partial charge in [0.1, 0.15) is 0 Å². The third-order valence-corrected chi connectivity index (χ3v) is 3.64. The van der Waals surface area contributed by atoms with Crippen LogP contribution in [0.5, 0.6) is 0 Å². The van der Waals surface area contributed by atoms with Gasteiger partial charge in [-0.1, -0.05) is 6.92 Å². The molecule has 3 nitrogen and oxygen atoms in total. The molecule has 0 amide bonds. The summed E-state index contributed by atoms with van der Waals surface area (Å²) in [6.45, 7) is 5.31. The first-order valence-corrected chi connectivity index (χ1v) is 6.04. The van der Waals surface area contributed by atoms with Gasteiger partial charge in [0, 0.05) is 19.3 Å². The van der Waals surface area contributed by atoms with Gasteiger partial charge in [0.05, 0.1) is 5.56 Å². The van der Waals surface area contributed by atoms with E-state index in [1.54, 1.807) is 12.1 Å². The Balaban J connectivity index is 2.12.